The zero-order valence-corrected chi connectivity index (χ0v) is 23.0. The maximum Gasteiger partial charge on any atom is 0.0608 e. The van der Waals surface area contributed by atoms with Crippen LogP contribution in [0.15, 0.2) is 11.6 Å². The Bertz CT molecular complexity index is 620. The highest BCUT2D eigenvalue weighted by molar-refractivity contribution is 5.25. The number of rotatable bonds is 6. The van der Waals surface area contributed by atoms with E-state index in [2.05, 4.69) is 54.5 Å². The molecule has 0 heterocycles. The van der Waals surface area contributed by atoms with E-state index >= 15 is 0 Å². The maximum absolute atomic E-state index is 5.75. The van der Waals surface area contributed by atoms with Gasteiger partial charge in [-0.1, -0.05) is 85.8 Å². The van der Waals surface area contributed by atoms with Crippen LogP contribution in [0, 0.1) is 46.3 Å². The minimum atomic E-state index is 0.472. The lowest BCUT2D eigenvalue weighted by Gasteiger charge is -2.58. The minimum absolute atomic E-state index is 0.472. The summed E-state index contributed by atoms with van der Waals surface area (Å²) < 4.78 is 5.75. The van der Waals surface area contributed by atoms with Gasteiger partial charge in [0.05, 0.1) is 6.10 Å². The summed E-state index contributed by atoms with van der Waals surface area (Å²) >= 11 is 0. The third-order valence-corrected chi connectivity index (χ3v) is 10.6. The van der Waals surface area contributed by atoms with E-state index in [-0.39, 0.29) is 0 Å². The van der Waals surface area contributed by atoms with Gasteiger partial charge in [-0.15, -0.1) is 0 Å². The number of hydrogen-bond acceptors (Lipinski definition) is 1. The molecule has 1 heteroatoms. The lowest BCUT2D eigenvalue weighted by Crippen LogP contribution is -2.50. The Kier molecular flexibility index (Phi) is 9.01. The Morgan fingerprint density at radius 2 is 1.69 bits per heavy atom. The summed E-state index contributed by atoms with van der Waals surface area (Å²) in [6, 6.07) is 0. The van der Waals surface area contributed by atoms with Crippen LogP contribution in [-0.2, 0) is 4.74 Å². The van der Waals surface area contributed by atoms with E-state index in [0.717, 1.165) is 35.5 Å². The molecule has 3 fully saturated rings. The van der Waals surface area contributed by atoms with Crippen molar-refractivity contribution in [2.75, 3.05) is 7.11 Å². The van der Waals surface area contributed by atoms with Crippen LogP contribution in [-0.4, -0.2) is 13.2 Å². The van der Waals surface area contributed by atoms with Crippen molar-refractivity contribution in [3.63, 3.8) is 0 Å². The predicted molar refractivity (Wildman–Crippen MR) is 140 cm³/mol. The second-order valence-electron chi connectivity index (χ2n) is 13.1. The maximum atomic E-state index is 5.75. The topological polar surface area (TPSA) is 9.23 Å². The summed E-state index contributed by atoms with van der Waals surface area (Å²) in [7, 11) is 1.91. The molecule has 0 N–H and O–H groups in total. The number of hydrogen-bond donors (Lipinski definition) is 0. The molecule has 0 aliphatic heterocycles. The zero-order valence-electron chi connectivity index (χ0n) is 23.0. The zero-order chi connectivity index (χ0) is 23.5. The number of allylic oxidation sites excluding steroid dienone is 1. The van der Waals surface area contributed by atoms with Crippen LogP contribution in [0.3, 0.4) is 0 Å². The van der Waals surface area contributed by atoms with E-state index in [4.69, 9.17) is 4.74 Å². The molecule has 8 atom stereocenters. The lowest BCUT2D eigenvalue weighted by molar-refractivity contribution is -0.0601. The molecule has 186 valence electrons. The van der Waals surface area contributed by atoms with Crippen LogP contribution >= 0.6 is 0 Å². The molecule has 0 radical (unpaired) electrons. The summed E-state index contributed by atoms with van der Waals surface area (Å²) in [5.41, 5.74) is 2.85. The van der Waals surface area contributed by atoms with Crippen molar-refractivity contribution in [2.24, 2.45) is 46.3 Å². The largest absolute Gasteiger partial charge is 0.381 e. The SMILES string of the molecule is CCC.COC1CCC2(C)C(=CCC3C2CCC2(C)C(C(C)CCCC(C)C)CCC32)C1. The molecule has 4 aliphatic rings. The third-order valence-electron chi connectivity index (χ3n) is 10.6. The molecule has 3 saturated carbocycles. The van der Waals surface area contributed by atoms with E-state index in [0.29, 0.717) is 16.9 Å². The third kappa shape index (κ3) is 5.04. The van der Waals surface area contributed by atoms with Gasteiger partial charge in [0.2, 0.25) is 0 Å². The summed E-state index contributed by atoms with van der Waals surface area (Å²) in [5.74, 6) is 5.63. The van der Waals surface area contributed by atoms with Gasteiger partial charge in [0.15, 0.2) is 0 Å². The predicted octanol–water partition coefficient (Wildman–Crippen LogP) is 9.46. The first kappa shape index (κ1) is 26.3. The Morgan fingerprint density at radius 1 is 0.969 bits per heavy atom. The quantitative estimate of drug-likeness (QED) is 0.371. The smallest absolute Gasteiger partial charge is 0.0608 e. The Labute approximate surface area is 201 Å². The van der Waals surface area contributed by atoms with E-state index in [1.807, 2.05) is 7.11 Å². The van der Waals surface area contributed by atoms with Crippen molar-refractivity contribution in [3.05, 3.63) is 11.6 Å². The average molecular weight is 445 g/mol. The minimum Gasteiger partial charge on any atom is -0.381 e. The van der Waals surface area contributed by atoms with Crippen LogP contribution in [0.2, 0.25) is 0 Å². The van der Waals surface area contributed by atoms with Crippen LogP contribution in [0.5, 0.6) is 0 Å². The first-order chi connectivity index (χ1) is 15.2. The lowest BCUT2D eigenvalue weighted by atomic mass is 9.47. The highest BCUT2D eigenvalue weighted by atomic mass is 16.5. The van der Waals surface area contributed by atoms with Gasteiger partial charge in [0.25, 0.3) is 0 Å². The Hall–Kier alpha value is -0.300. The van der Waals surface area contributed by atoms with Gasteiger partial charge in [-0.25, -0.2) is 0 Å². The molecule has 0 spiro atoms. The van der Waals surface area contributed by atoms with Crippen LogP contribution in [0.4, 0.5) is 0 Å². The van der Waals surface area contributed by atoms with Crippen molar-refractivity contribution in [1.82, 2.24) is 0 Å². The van der Waals surface area contributed by atoms with Crippen molar-refractivity contribution in [2.45, 2.75) is 132 Å². The van der Waals surface area contributed by atoms with Crippen LogP contribution in [0.1, 0.15) is 126 Å². The van der Waals surface area contributed by atoms with E-state index in [1.54, 1.807) is 5.57 Å². The summed E-state index contributed by atoms with van der Waals surface area (Å²) in [6.45, 7) is 16.9. The summed E-state index contributed by atoms with van der Waals surface area (Å²) in [5, 5.41) is 0. The molecule has 1 nitrogen and oxygen atoms in total. The second kappa shape index (κ2) is 11.0. The average Bonchev–Trinajstić information content (AvgIpc) is 3.10. The molecule has 0 aromatic rings. The monoisotopic (exact) mass is 444 g/mol. The molecule has 4 aliphatic carbocycles. The van der Waals surface area contributed by atoms with Crippen molar-refractivity contribution in [3.8, 4) is 0 Å². The number of fused-ring (bicyclic) bond motifs is 5. The first-order valence-corrected chi connectivity index (χ1v) is 14.4. The molecule has 0 aromatic heterocycles. The second-order valence-corrected chi connectivity index (χ2v) is 13.1. The number of methoxy groups -OCH3 is 1. The Morgan fingerprint density at radius 3 is 2.34 bits per heavy atom. The van der Waals surface area contributed by atoms with E-state index < -0.39 is 0 Å². The van der Waals surface area contributed by atoms with Crippen molar-refractivity contribution in [1.29, 1.82) is 0 Å². The Balaban J connectivity index is 0.000000913. The standard InChI is InChI=1S/C28H48O.C3H8/c1-19(2)8-7-9-20(3)24-12-13-25-23-11-10-21-18-22(29-6)14-16-27(21,4)26(23)15-17-28(24,25)5;1-3-2/h10,19-20,22-26H,7-9,11-18H2,1-6H3;3H2,1-2H3. The van der Waals surface area contributed by atoms with Gasteiger partial charge in [-0.05, 0) is 97.7 Å². The van der Waals surface area contributed by atoms with Gasteiger partial charge >= 0.3 is 0 Å². The summed E-state index contributed by atoms with van der Waals surface area (Å²) in [4.78, 5) is 0. The number of ether oxygens (including phenoxy) is 1. The molecule has 0 saturated heterocycles. The fourth-order valence-electron chi connectivity index (χ4n) is 8.85. The molecule has 32 heavy (non-hydrogen) atoms. The van der Waals surface area contributed by atoms with Gasteiger partial charge in [0.1, 0.15) is 0 Å². The van der Waals surface area contributed by atoms with Crippen molar-refractivity contribution >= 4 is 0 Å². The molecule has 0 aromatic carbocycles. The highest BCUT2D eigenvalue weighted by Crippen LogP contribution is 2.67. The molecule has 4 rings (SSSR count). The molecule has 8 unspecified atom stereocenters. The van der Waals surface area contributed by atoms with E-state index in [1.165, 1.54) is 77.0 Å². The van der Waals surface area contributed by atoms with Crippen LogP contribution in [0.25, 0.3) is 0 Å². The fraction of sp³-hybridized carbons (Fsp3) is 0.935. The first-order valence-electron chi connectivity index (χ1n) is 14.4. The molecular weight excluding hydrogens is 388 g/mol. The van der Waals surface area contributed by atoms with Crippen molar-refractivity contribution < 1.29 is 4.74 Å². The molecule has 0 amide bonds. The van der Waals surface area contributed by atoms with Crippen LogP contribution < -0.4 is 0 Å². The van der Waals surface area contributed by atoms with Gasteiger partial charge in [0, 0.05) is 7.11 Å². The normalized spacial score (nSPS) is 41.7. The van der Waals surface area contributed by atoms with Gasteiger partial charge in [-0.2, -0.15) is 0 Å². The fourth-order valence-corrected chi connectivity index (χ4v) is 8.85. The summed E-state index contributed by atoms with van der Waals surface area (Å²) in [6.07, 6.45) is 19.9. The van der Waals surface area contributed by atoms with E-state index in [9.17, 15) is 0 Å². The van der Waals surface area contributed by atoms with Gasteiger partial charge < -0.3 is 4.74 Å². The highest BCUT2D eigenvalue weighted by Gasteiger charge is 2.59. The molecular formula is C31H56O. The van der Waals surface area contributed by atoms with Gasteiger partial charge in [-0.3, -0.25) is 0 Å². The molecule has 0 bridgehead atoms.